The Morgan fingerprint density at radius 2 is 2.05 bits per heavy atom. The van der Waals surface area contributed by atoms with Crippen molar-refractivity contribution in [2.75, 3.05) is 20.7 Å². The topological polar surface area (TPSA) is 45.7 Å². The second-order valence-electron chi connectivity index (χ2n) is 4.85. The Labute approximate surface area is 139 Å². The second-order valence-corrected chi connectivity index (χ2v) is 4.85. The lowest BCUT2D eigenvalue weighted by Crippen LogP contribution is -2.41. The Morgan fingerprint density at radius 3 is 2.60 bits per heavy atom. The monoisotopic (exact) mass is 391 g/mol. The van der Waals surface area contributed by atoms with Gasteiger partial charge in [-0.25, -0.2) is 0 Å². The van der Waals surface area contributed by atoms with Crippen LogP contribution in [-0.4, -0.2) is 32.7 Å². The van der Waals surface area contributed by atoms with Crippen LogP contribution in [0, 0.1) is 6.92 Å². The fourth-order valence-corrected chi connectivity index (χ4v) is 1.81. The first kappa shape index (κ1) is 19.0. The van der Waals surface area contributed by atoms with Crippen LogP contribution in [-0.2, 0) is 6.42 Å². The predicted octanol–water partition coefficient (Wildman–Crippen LogP) is 2.74. The number of hydrogen-bond donors (Lipinski definition) is 2. The van der Waals surface area contributed by atoms with E-state index in [1.54, 1.807) is 14.2 Å². The normalized spacial score (nSPS) is 11.0. The summed E-state index contributed by atoms with van der Waals surface area (Å²) in [6.45, 7) is 7.09. The lowest BCUT2D eigenvalue weighted by molar-refractivity contribution is 0.411. The highest BCUT2D eigenvalue weighted by atomic mass is 127. The number of aryl methyl sites for hydroxylation is 1. The number of nitrogens with zero attached hydrogens (tertiary/aromatic N) is 1. The molecule has 0 saturated heterocycles. The number of hydrogen-bond acceptors (Lipinski definition) is 2. The highest BCUT2D eigenvalue weighted by Gasteiger charge is 2.02. The molecule has 0 radical (unpaired) electrons. The van der Waals surface area contributed by atoms with Crippen molar-refractivity contribution >= 4 is 29.9 Å². The van der Waals surface area contributed by atoms with E-state index in [1.165, 1.54) is 5.56 Å². The van der Waals surface area contributed by atoms with E-state index in [-0.39, 0.29) is 24.0 Å². The predicted molar refractivity (Wildman–Crippen MR) is 96.5 cm³/mol. The van der Waals surface area contributed by atoms with Crippen molar-refractivity contribution < 1.29 is 4.74 Å². The van der Waals surface area contributed by atoms with E-state index in [4.69, 9.17) is 4.74 Å². The molecule has 0 atom stereocenters. The summed E-state index contributed by atoms with van der Waals surface area (Å²) < 4.78 is 5.33. The largest absolute Gasteiger partial charge is 0.496 e. The Bertz CT molecular complexity index is 433. The quantitative estimate of drug-likeness (QED) is 0.461. The van der Waals surface area contributed by atoms with E-state index < -0.39 is 0 Å². The number of aliphatic imine (C=N–C) groups is 1. The molecule has 114 valence electrons. The molecule has 4 nitrogen and oxygen atoms in total. The van der Waals surface area contributed by atoms with Crippen molar-refractivity contribution in [2.45, 2.75) is 33.2 Å². The number of halogens is 1. The average molecular weight is 391 g/mol. The van der Waals surface area contributed by atoms with Gasteiger partial charge >= 0.3 is 0 Å². The molecule has 0 amide bonds. The van der Waals surface area contributed by atoms with Crippen LogP contribution in [0.2, 0.25) is 0 Å². The van der Waals surface area contributed by atoms with Crippen LogP contribution in [0.3, 0.4) is 0 Å². The van der Waals surface area contributed by atoms with Gasteiger partial charge in [-0.15, -0.1) is 24.0 Å². The van der Waals surface area contributed by atoms with Gasteiger partial charge in [-0.3, -0.25) is 4.99 Å². The first-order valence-corrected chi connectivity index (χ1v) is 6.67. The molecule has 0 heterocycles. The maximum Gasteiger partial charge on any atom is 0.191 e. The summed E-state index contributed by atoms with van der Waals surface area (Å²) >= 11 is 0. The maximum atomic E-state index is 5.33. The molecule has 0 unspecified atom stereocenters. The molecule has 1 aromatic rings. The van der Waals surface area contributed by atoms with Gasteiger partial charge in [0, 0.05) is 19.6 Å². The molecule has 0 spiro atoms. The number of benzene rings is 1. The molecule has 1 rings (SSSR count). The Hall–Kier alpha value is -0.980. The van der Waals surface area contributed by atoms with Gasteiger partial charge in [0.1, 0.15) is 5.75 Å². The summed E-state index contributed by atoms with van der Waals surface area (Å²) in [6, 6.07) is 6.70. The molecule has 1 aromatic carbocycles. The highest BCUT2D eigenvalue weighted by Crippen LogP contribution is 2.18. The van der Waals surface area contributed by atoms with E-state index in [0.29, 0.717) is 6.04 Å². The SMILES string of the molecule is CN=C(NCCc1ccc(C)c(OC)c1)NC(C)C.I. The van der Waals surface area contributed by atoms with Crippen LogP contribution in [0.4, 0.5) is 0 Å². The van der Waals surface area contributed by atoms with E-state index in [0.717, 1.165) is 30.2 Å². The van der Waals surface area contributed by atoms with Crippen molar-refractivity contribution in [3.05, 3.63) is 29.3 Å². The van der Waals surface area contributed by atoms with Gasteiger partial charge in [0.15, 0.2) is 5.96 Å². The zero-order valence-corrected chi connectivity index (χ0v) is 15.3. The van der Waals surface area contributed by atoms with Crippen molar-refractivity contribution in [1.82, 2.24) is 10.6 Å². The second kappa shape index (κ2) is 9.85. The van der Waals surface area contributed by atoms with Gasteiger partial charge in [-0.2, -0.15) is 0 Å². The van der Waals surface area contributed by atoms with Crippen molar-refractivity contribution in [3.63, 3.8) is 0 Å². The molecule has 0 bridgehead atoms. The van der Waals surface area contributed by atoms with Crippen molar-refractivity contribution in [2.24, 2.45) is 4.99 Å². The Morgan fingerprint density at radius 1 is 1.35 bits per heavy atom. The molecule has 20 heavy (non-hydrogen) atoms. The molecule has 2 N–H and O–H groups in total. The molecule has 5 heteroatoms. The minimum Gasteiger partial charge on any atom is -0.496 e. The molecule has 0 fully saturated rings. The number of nitrogens with one attached hydrogen (secondary N) is 2. The highest BCUT2D eigenvalue weighted by molar-refractivity contribution is 14.0. The molecular formula is C15H26IN3O. The van der Waals surface area contributed by atoms with Crippen LogP contribution in [0.15, 0.2) is 23.2 Å². The molecule has 0 saturated carbocycles. The summed E-state index contributed by atoms with van der Waals surface area (Å²) in [5, 5.41) is 6.56. The van der Waals surface area contributed by atoms with Crippen LogP contribution in [0.1, 0.15) is 25.0 Å². The number of methoxy groups -OCH3 is 1. The number of rotatable bonds is 5. The van der Waals surface area contributed by atoms with E-state index in [2.05, 4.69) is 54.6 Å². The van der Waals surface area contributed by atoms with Gasteiger partial charge in [-0.05, 0) is 44.4 Å². The summed E-state index contributed by atoms with van der Waals surface area (Å²) in [4.78, 5) is 4.18. The summed E-state index contributed by atoms with van der Waals surface area (Å²) in [6.07, 6.45) is 0.940. The minimum atomic E-state index is 0. The lowest BCUT2D eigenvalue weighted by Gasteiger charge is -2.14. The first-order chi connectivity index (χ1) is 9.06. The molecular weight excluding hydrogens is 365 g/mol. The van der Waals surface area contributed by atoms with E-state index in [9.17, 15) is 0 Å². The fourth-order valence-electron chi connectivity index (χ4n) is 1.81. The minimum absolute atomic E-state index is 0. The standard InChI is InChI=1S/C15H25N3O.HI/c1-11(2)18-15(16-4)17-9-8-13-7-6-12(3)14(10-13)19-5;/h6-7,10-11H,8-9H2,1-5H3,(H2,16,17,18);1H. The van der Waals surface area contributed by atoms with Crippen LogP contribution < -0.4 is 15.4 Å². The van der Waals surface area contributed by atoms with Gasteiger partial charge in [0.05, 0.1) is 7.11 Å². The van der Waals surface area contributed by atoms with Gasteiger partial charge in [0.25, 0.3) is 0 Å². The van der Waals surface area contributed by atoms with E-state index in [1.807, 2.05) is 0 Å². The van der Waals surface area contributed by atoms with Gasteiger partial charge in [0.2, 0.25) is 0 Å². The zero-order chi connectivity index (χ0) is 14.3. The van der Waals surface area contributed by atoms with Gasteiger partial charge < -0.3 is 15.4 Å². The zero-order valence-electron chi connectivity index (χ0n) is 13.0. The molecule has 0 aliphatic rings. The Kier molecular flexibility index (Phi) is 9.37. The molecule has 0 aliphatic carbocycles. The summed E-state index contributed by atoms with van der Waals surface area (Å²) in [5.41, 5.74) is 2.42. The lowest BCUT2D eigenvalue weighted by atomic mass is 10.1. The van der Waals surface area contributed by atoms with Gasteiger partial charge in [-0.1, -0.05) is 12.1 Å². The van der Waals surface area contributed by atoms with Crippen molar-refractivity contribution in [3.8, 4) is 5.75 Å². The van der Waals surface area contributed by atoms with Crippen LogP contribution >= 0.6 is 24.0 Å². The fraction of sp³-hybridized carbons (Fsp3) is 0.533. The third-order valence-electron chi connectivity index (χ3n) is 2.83. The summed E-state index contributed by atoms with van der Waals surface area (Å²) in [5.74, 6) is 1.79. The first-order valence-electron chi connectivity index (χ1n) is 6.67. The Balaban J connectivity index is 0.00000361. The average Bonchev–Trinajstić information content (AvgIpc) is 2.39. The van der Waals surface area contributed by atoms with Crippen LogP contribution in [0.5, 0.6) is 5.75 Å². The summed E-state index contributed by atoms with van der Waals surface area (Å²) in [7, 11) is 3.49. The van der Waals surface area contributed by atoms with Crippen molar-refractivity contribution in [1.29, 1.82) is 0 Å². The van der Waals surface area contributed by atoms with E-state index >= 15 is 0 Å². The molecule has 0 aromatic heterocycles. The maximum absolute atomic E-state index is 5.33. The third kappa shape index (κ3) is 6.45. The number of guanidine groups is 1. The van der Waals surface area contributed by atoms with Crippen LogP contribution in [0.25, 0.3) is 0 Å². The third-order valence-corrected chi connectivity index (χ3v) is 2.83. The number of ether oxygens (including phenoxy) is 1. The smallest absolute Gasteiger partial charge is 0.191 e. The molecule has 0 aliphatic heterocycles.